The van der Waals surface area contributed by atoms with E-state index in [1.54, 1.807) is 48.8 Å². The van der Waals surface area contributed by atoms with Crippen LogP contribution in [0.4, 0.5) is 0 Å². The van der Waals surface area contributed by atoms with Gasteiger partial charge in [-0.2, -0.15) is 0 Å². The summed E-state index contributed by atoms with van der Waals surface area (Å²) in [4.78, 5) is 33.2. The summed E-state index contributed by atoms with van der Waals surface area (Å²) >= 11 is 0. The molecular formula is C29H29N3O5. The molecule has 2 aliphatic heterocycles. The molecule has 3 heterocycles. The Hall–Kier alpha value is -4.01. The SMILES string of the molecule is O=C1C(=O)N(CC[NH+]2CCOCC2)C(c2ccncc2)C1=C([O-])c1ccc(OCc2ccccc2)cc1. The molecule has 1 N–H and O–H groups in total. The first-order valence-electron chi connectivity index (χ1n) is 12.5. The smallest absolute Gasteiger partial charge is 0.295 e. The lowest BCUT2D eigenvalue weighted by molar-refractivity contribution is -0.907. The summed E-state index contributed by atoms with van der Waals surface area (Å²) in [7, 11) is 0. The lowest BCUT2D eigenvalue weighted by atomic mass is 9.96. The van der Waals surface area contributed by atoms with Crippen LogP contribution in [0.3, 0.4) is 0 Å². The fourth-order valence-electron chi connectivity index (χ4n) is 4.78. The van der Waals surface area contributed by atoms with Crippen LogP contribution in [-0.2, 0) is 20.9 Å². The average Bonchev–Trinajstić information content (AvgIpc) is 3.21. The number of benzene rings is 2. The van der Waals surface area contributed by atoms with Crippen molar-refractivity contribution in [1.82, 2.24) is 9.88 Å². The minimum Gasteiger partial charge on any atom is -0.872 e. The van der Waals surface area contributed by atoms with Crippen LogP contribution in [0.1, 0.15) is 22.7 Å². The summed E-state index contributed by atoms with van der Waals surface area (Å²) in [5.74, 6) is -1.22. The Morgan fingerprint density at radius 2 is 1.70 bits per heavy atom. The summed E-state index contributed by atoms with van der Waals surface area (Å²) in [5.41, 5.74) is 2.04. The molecule has 1 atom stereocenters. The van der Waals surface area contributed by atoms with E-state index in [9.17, 15) is 14.7 Å². The minimum atomic E-state index is -0.745. The molecule has 1 amide bonds. The average molecular weight is 500 g/mol. The number of Topliss-reactive ketones (excluding diaryl/α,β-unsaturated/α-hetero) is 1. The molecule has 0 bridgehead atoms. The fraction of sp³-hybridized carbons (Fsp3) is 0.276. The van der Waals surface area contributed by atoms with Crippen LogP contribution in [-0.4, -0.2) is 61.0 Å². The number of amides is 1. The number of likely N-dealkylation sites (tertiary alicyclic amines) is 1. The van der Waals surface area contributed by atoms with E-state index in [-0.39, 0.29) is 5.57 Å². The van der Waals surface area contributed by atoms with Crippen LogP contribution >= 0.6 is 0 Å². The van der Waals surface area contributed by atoms with Crippen molar-refractivity contribution in [1.29, 1.82) is 0 Å². The Bertz CT molecular complexity index is 1260. The first-order chi connectivity index (χ1) is 18.1. The molecule has 1 unspecified atom stereocenters. The van der Waals surface area contributed by atoms with Gasteiger partial charge in [-0.1, -0.05) is 48.2 Å². The fourth-order valence-corrected chi connectivity index (χ4v) is 4.78. The van der Waals surface area contributed by atoms with Crippen LogP contribution in [0.25, 0.3) is 5.76 Å². The van der Waals surface area contributed by atoms with Gasteiger partial charge in [0.05, 0.1) is 32.3 Å². The first kappa shape index (κ1) is 24.7. The normalized spacial score (nSPS) is 19.8. The summed E-state index contributed by atoms with van der Waals surface area (Å²) in [6.07, 6.45) is 3.21. The van der Waals surface area contributed by atoms with Gasteiger partial charge in [-0.3, -0.25) is 14.6 Å². The number of carbonyl (C=O) groups excluding carboxylic acids is 2. The van der Waals surface area contributed by atoms with Crippen molar-refractivity contribution in [3.63, 3.8) is 0 Å². The molecule has 2 fully saturated rings. The lowest BCUT2D eigenvalue weighted by Gasteiger charge is -2.30. The van der Waals surface area contributed by atoms with Crippen LogP contribution in [0.15, 0.2) is 84.7 Å². The van der Waals surface area contributed by atoms with Gasteiger partial charge in [-0.25, -0.2) is 0 Å². The molecule has 2 aromatic carbocycles. The predicted molar refractivity (Wildman–Crippen MR) is 134 cm³/mol. The topological polar surface area (TPSA) is 96.2 Å². The summed E-state index contributed by atoms with van der Waals surface area (Å²) in [6, 6.07) is 19.2. The highest BCUT2D eigenvalue weighted by molar-refractivity contribution is 6.46. The molecule has 37 heavy (non-hydrogen) atoms. The van der Waals surface area contributed by atoms with Crippen molar-refractivity contribution in [3.05, 3.63) is 101 Å². The lowest BCUT2D eigenvalue weighted by Crippen LogP contribution is -3.14. The molecule has 0 radical (unpaired) electrons. The van der Waals surface area contributed by atoms with E-state index in [1.807, 2.05) is 30.3 Å². The number of quaternary nitrogens is 1. The number of pyridine rings is 1. The maximum absolute atomic E-state index is 13.6. The molecule has 8 heteroatoms. The quantitative estimate of drug-likeness (QED) is 0.280. The van der Waals surface area contributed by atoms with Gasteiger partial charge in [-0.15, -0.1) is 0 Å². The second-order valence-corrected chi connectivity index (χ2v) is 9.16. The standard InChI is InChI=1S/C29H29N3O5/c33-27(23-6-8-24(9-7-23)37-20-21-4-2-1-3-5-21)25-26(22-10-12-30-13-11-22)32(29(35)28(25)34)15-14-31-16-18-36-19-17-31/h1-13,26,33H,14-20H2. The maximum atomic E-state index is 13.6. The van der Waals surface area contributed by atoms with Gasteiger partial charge in [0.25, 0.3) is 5.91 Å². The summed E-state index contributed by atoms with van der Waals surface area (Å²) in [6.45, 7) is 4.51. The predicted octanol–water partition coefficient (Wildman–Crippen LogP) is 0.800. The van der Waals surface area contributed by atoms with Gasteiger partial charge in [-0.05, 0) is 41.0 Å². The highest BCUT2D eigenvalue weighted by atomic mass is 16.5. The molecular weight excluding hydrogens is 470 g/mol. The number of ether oxygens (including phenoxy) is 2. The van der Waals surface area contributed by atoms with E-state index in [0.29, 0.717) is 49.8 Å². The monoisotopic (exact) mass is 499 g/mol. The van der Waals surface area contributed by atoms with E-state index in [4.69, 9.17) is 9.47 Å². The van der Waals surface area contributed by atoms with Crippen molar-refractivity contribution in [2.24, 2.45) is 0 Å². The van der Waals surface area contributed by atoms with Crippen LogP contribution in [0.5, 0.6) is 5.75 Å². The van der Waals surface area contributed by atoms with E-state index in [0.717, 1.165) is 18.7 Å². The number of nitrogens with zero attached hydrogens (tertiary/aromatic N) is 2. The van der Waals surface area contributed by atoms with Gasteiger partial charge in [0.2, 0.25) is 5.78 Å². The minimum absolute atomic E-state index is 0.0221. The van der Waals surface area contributed by atoms with Crippen LogP contribution in [0.2, 0.25) is 0 Å². The zero-order chi connectivity index (χ0) is 25.6. The third-order valence-electron chi connectivity index (χ3n) is 6.82. The molecule has 0 spiro atoms. The van der Waals surface area contributed by atoms with Crippen molar-refractivity contribution in [2.75, 3.05) is 39.4 Å². The number of rotatable bonds is 8. The second-order valence-electron chi connectivity index (χ2n) is 9.16. The van der Waals surface area contributed by atoms with Gasteiger partial charge in [0.1, 0.15) is 25.4 Å². The Balaban J connectivity index is 1.40. The zero-order valence-corrected chi connectivity index (χ0v) is 20.5. The number of aromatic nitrogens is 1. The molecule has 0 saturated carbocycles. The van der Waals surface area contributed by atoms with Crippen LogP contribution in [0, 0.1) is 0 Å². The molecule has 2 aliphatic rings. The second kappa shape index (κ2) is 11.4. The number of carbonyl (C=O) groups is 2. The molecule has 0 aliphatic carbocycles. The molecule has 1 aromatic heterocycles. The Labute approximate surface area is 215 Å². The van der Waals surface area contributed by atoms with Gasteiger partial charge >= 0.3 is 0 Å². The number of ketones is 1. The first-order valence-corrected chi connectivity index (χ1v) is 12.5. The third kappa shape index (κ3) is 5.55. The van der Waals surface area contributed by atoms with E-state index >= 15 is 0 Å². The van der Waals surface area contributed by atoms with Gasteiger partial charge < -0.3 is 24.4 Å². The van der Waals surface area contributed by atoms with Gasteiger partial charge in [0, 0.05) is 18.0 Å². The van der Waals surface area contributed by atoms with Gasteiger partial charge in [0.15, 0.2) is 0 Å². The van der Waals surface area contributed by atoms with E-state index in [2.05, 4.69) is 4.98 Å². The summed E-state index contributed by atoms with van der Waals surface area (Å²) in [5, 5.41) is 13.6. The molecule has 3 aromatic rings. The van der Waals surface area contributed by atoms with E-state index in [1.165, 1.54) is 9.80 Å². The third-order valence-corrected chi connectivity index (χ3v) is 6.82. The Kier molecular flexibility index (Phi) is 7.58. The number of hydrogen-bond acceptors (Lipinski definition) is 6. The maximum Gasteiger partial charge on any atom is 0.295 e. The molecule has 8 nitrogen and oxygen atoms in total. The Morgan fingerprint density at radius 1 is 1.00 bits per heavy atom. The van der Waals surface area contributed by atoms with Crippen molar-refractivity contribution in [2.45, 2.75) is 12.6 Å². The van der Waals surface area contributed by atoms with E-state index < -0.39 is 23.5 Å². The Morgan fingerprint density at radius 3 is 2.41 bits per heavy atom. The molecule has 5 rings (SSSR count). The molecule has 2 saturated heterocycles. The zero-order valence-electron chi connectivity index (χ0n) is 20.5. The van der Waals surface area contributed by atoms with Crippen molar-refractivity contribution < 1.29 is 29.1 Å². The number of hydrogen-bond donors (Lipinski definition) is 1. The number of morpholine rings is 1. The number of nitrogens with one attached hydrogen (secondary N) is 1. The van der Waals surface area contributed by atoms with Crippen LogP contribution < -0.4 is 14.7 Å². The highest BCUT2D eigenvalue weighted by Crippen LogP contribution is 2.38. The van der Waals surface area contributed by atoms with Crippen molar-refractivity contribution >= 4 is 17.4 Å². The van der Waals surface area contributed by atoms with Crippen molar-refractivity contribution in [3.8, 4) is 5.75 Å². The summed E-state index contributed by atoms with van der Waals surface area (Å²) < 4.78 is 11.2. The highest BCUT2D eigenvalue weighted by Gasteiger charge is 2.44. The molecule has 190 valence electrons. The largest absolute Gasteiger partial charge is 0.872 e.